The van der Waals surface area contributed by atoms with Crippen LogP contribution in [0.4, 0.5) is 13.2 Å². The minimum atomic E-state index is -4.85. The summed E-state index contributed by atoms with van der Waals surface area (Å²) in [5, 5.41) is 9.84. The number of aliphatic hydroxyl groups excluding tert-OH is 1. The van der Waals surface area contributed by atoms with Crippen LogP contribution in [0.25, 0.3) is 10.9 Å². The molecule has 0 spiro atoms. The molecule has 0 fully saturated rings. The average Bonchev–Trinajstić information content (AvgIpc) is 3.02. The standard InChI is InChI=1S/C23H21ClF3N2O5/c1-13-16(11-21(31)28(2)8-9-30)17-10-20(33-3)18(24)12-19(17)29(13)22(32)14-4-6-15(7-5-14)34-23(25,26)27/h4-7,10,12,30H,2,8-9,11H2,1,3H3. The van der Waals surface area contributed by atoms with Crippen molar-refractivity contribution in [1.29, 1.82) is 0 Å². The number of ether oxygens (including phenoxy) is 2. The number of hydrogen-bond donors (Lipinski definition) is 1. The summed E-state index contributed by atoms with van der Waals surface area (Å²) in [6, 6.07) is 7.63. The Bertz CT molecular complexity index is 1220. The van der Waals surface area contributed by atoms with Gasteiger partial charge in [-0.05, 0) is 48.9 Å². The molecule has 1 aromatic heterocycles. The van der Waals surface area contributed by atoms with Crippen molar-refractivity contribution in [3.63, 3.8) is 0 Å². The van der Waals surface area contributed by atoms with E-state index in [1.165, 1.54) is 29.9 Å². The summed E-state index contributed by atoms with van der Waals surface area (Å²) < 4.78 is 47.8. The molecule has 1 heterocycles. The maximum Gasteiger partial charge on any atom is 0.573 e. The summed E-state index contributed by atoms with van der Waals surface area (Å²) >= 11 is 6.28. The molecule has 0 bridgehead atoms. The molecule has 1 amide bonds. The summed E-state index contributed by atoms with van der Waals surface area (Å²) in [6.45, 7) is 1.42. The van der Waals surface area contributed by atoms with Crippen molar-refractivity contribution in [3.05, 3.63) is 65.3 Å². The molecule has 0 aliphatic heterocycles. The molecule has 0 unspecified atom stereocenters. The minimum absolute atomic E-state index is 0.0386. The van der Waals surface area contributed by atoms with Crippen LogP contribution in [0.5, 0.6) is 11.5 Å². The van der Waals surface area contributed by atoms with Crippen LogP contribution >= 0.6 is 11.6 Å². The highest BCUT2D eigenvalue weighted by molar-refractivity contribution is 6.33. The molecule has 181 valence electrons. The first-order valence-electron chi connectivity index (χ1n) is 9.96. The van der Waals surface area contributed by atoms with Gasteiger partial charge in [-0.1, -0.05) is 11.6 Å². The van der Waals surface area contributed by atoms with Gasteiger partial charge in [0.25, 0.3) is 5.91 Å². The maximum atomic E-state index is 13.4. The third kappa shape index (κ3) is 5.28. The molecule has 0 aliphatic carbocycles. The Morgan fingerprint density at radius 1 is 1.21 bits per heavy atom. The van der Waals surface area contributed by atoms with Crippen molar-refractivity contribution in [3.8, 4) is 11.5 Å². The average molecular weight is 498 g/mol. The Balaban J connectivity index is 2.09. The van der Waals surface area contributed by atoms with Crippen LogP contribution in [0.3, 0.4) is 0 Å². The molecule has 0 atom stereocenters. The summed E-state index contributed by atoms with van der Waals surface area (Å²) in [7, 11) is 5.04. The van der Waals surface area contributed by atoms with Gasteiger partial charge in [-0.3, -0.25) is 14.2 Å². The van der Waals surface area contributed by atoms with Gasteiger partial charge in [-0.15, -0.1) is 13.2 Å². The number of methoxy groups -OCH3 is 1. The van der Waals surface area contributed by atoms with Crippen molar-refractivity contribution in [2.24, 2.45) is 0 Å². The number of benzene rings is 2. The normalized spacial score (nSPS) is 11.5. The fraction of sp³-hybridized carbons (Fsp3) is 0.261. The maximum absolute atomic E-state index is 13.4. The third-order valence-electron chi connectivity index (χ3n) is 5.20. The number of carbonyl (C=O) groups is 2. The van der Waals surface area contributed by atoms with Crippen molar-refractivity contribution in [1.82, 2.24) is 9.47 Å². The largest absolute Gasteiger partial charge is 0.573 e. The Morgan fingerprint density at radius 3 is 2.41 bits per heavy atom. The van der Waals surface area contributed by atoms with Gasteiger partial charge in [0, 0.05) is 30.2 Å². The van der Waals surface area contributed by atoms with E-state index in [1.807, 2.05) is 0 Å². The van der Waals surface area contributed by atoms with Gasteiger partial charge in [-0.25, -0.2) is 0 Å². The van der Waals surface area contributed by atoms with Crippen molar-refractivity contribution >= 4 is 34.3 Å². The molecule has 0 saturated carbocycles. The highest BCUT2D eigenvalue weighted by Crippen LogP contribution is 2.36. The quantitative estimate of drug-likeness (QED) is 0.525. The molecule has 7 nitrogen and oxygen atoms in total. The predicted octanol–water partition coefficient (Wildman–Crippen LogP) is 4.35. The smallest absolute Gasteiger partial charge is 0.495 e. The number of amides is 1. The van der Waals surface area contributed by atoms with Crippen LogP contribution in [0.2, 0.25) is 5.02 Å². The number of rotatable bonds is 7. The number of aliphatic hydroxyl groups is 1. The van der Waals surface area contributed by atoms with Gasteiger partial charge in [-0.2, -0.15) is 0 Å². The van der Waals surface area contributed by atoms with Gasteiger partial charge < -0.3 is 19.5 Å². The van der Waals surface area contributed by atoms with E-state index in [9.17, 15) is 22.8 Å². The Kier molecular flexibility index (Phi) is 7.42. The molecule has 2 aromatic carbocycles. The Morgan fingerprint density at radius 2 is 1.85 bits per heavy atom. The molecule has 11 heteroatoms. The number of nitrogens with zero attached hydrogens (tertiary/aromatic N) is 2. The van der Waals surface area contributed by atoms with E-state index >= 15 is 0 Å². The second-order valence-electron chi connectivity index (χ2n) is 7.34. The molecule has 0 saturated heterocycles. The van der Waals surface area contributed by atoms with Gasteiger partial charge in [0.1, 0.15) is 11.5 Å². The van der Waals surface area contributed by atoms with E-state index in [2.05, 4.69) is 11.8 Å². The molecule has 3 aromatic rings. The highest BCUT2D eigenvalue weighted by Gasteiger charge is 2.31. The number of alkyl halides is 3. The number of hydrogen-bond acceptors (Lipinski definition) is 5. The van der Waals surface area contributed by atoms with E-state index in [0.29, 0.717) is 27.9 Å². The zero-order valence-electron chi connectivity index (χ0n) is 18.3. The fourth-order valence-corrected chi connectivity index (χ4v) is 3.79. The molecule has 34 heavy (non-hydrogen) atoms. The van der Waals surface area contributed by atoms with Crippen LogP contribution in [0.15, 0.2) is 36.4 Å². The summed E-state index contributed by atoms with van der Waals surface area (Å²) in [5.74, 6) is -1.05. The van der Waals surface area contributed by atoms with E-state index < -0.39 is 18.0 Å². The first-order valence-corrected chi connectivity index (χ1v) is 10.3. The topological polar surface area (TPSA) is 81.0 Å². The lowest BCUT2D eigenvalue weighted by atomic mass is 10.1. The summed E-state index contributed by atoms with van der Waals surface area (Å²) in [6.07, 6.45) is -4.97. The van der Waals surface area contributed by atoms with Gasteiger partial charge in [0.2, 0.25) is 5.91 Å². The number of aromatic nitrogens is 1. The second kappa shape index (κ2) is 9.94. The number of carbonyl (C=O) groups excluding carboxylic acids is 2. The predicted molar refractivity (Wildman–Crippen MR) is 119 cm³/mol. The first-order chi connectivity index (χ1) is 16.0. The number of fused-ring (bicyclic) bond motifs is 1. The Hall–Kier alpha value is -3.24. The fourth-order valence-electron chi connectivity index (χ4n) is 3.56. The molecule has 1 radical (unpaired) electrons. The van der Waals surface area contributed by atoms with Crippen molar-refractivity contribution < 1.29 is 37.3 Å². The lowest BCUT2D eigenvalue weighted by molar-refractivity contribution is -0.274. The number of halogens is 4. The molecule has 0 aliphatic rings. The van der Waals surface area contributed by atoms with E-state index in [1.54, 1.807) is 13.0 Å². The third-order valence-corrected chi connectivity index (χ3v) is 5.49. The van der Waals surface area contributed by atoms with Gasteiger partial charge >= 0.3 is 6.36 Å². The van der Waals surface area contributed by atoms with Crippen molar-refractivity contribution in [2.75, 3.05) is 20.3 Å². The summed E-state index contributed by atoms with van der Waals surface area (Å²) in [4.78, 5) is 27.1. The van der Waals surface area contributed by atoms with Crippen molar-refractivity contribution in [2.45, 2.75) is 19.7 Å². The minimum Gasteiger partial charge on any atom is -0.495 e. The van der Waals surface area contributed by atoms with Gasteiger partial charge in [0.15, 0.2) is 0 Å². The second-order valence-corrected chi connectivity index (χ2v) is 7.75. The van der Waals surface area contributed by atoms with Crippen LogP contribution in [-0.2, 0) is 11.2 Å². The summed E-state index contributed by atoms with van der Waals surface area (Å²) in [5.41, 5.74) is 1.44. The molecular formula is C23H21ClF3N2O5. The van der Waals surface area contributed by atoms with Crippen LogP contribution in [0, 0.1) is 14.0 Å². The monoisotopic (exact) mass is 497 g/mol. The first kappa shape index (κ1) is 25.4. The Labute approximate surface area is 198 Å². The van der Waals surface area contributed by atoms with E-state index in [4.69, 9.17) is 21.4 Å². The van der Waals surface area contributed by atoms with E-state index in [-0.39, 0.29) is 36.1 Å². The lowest BCUT2D eigenvalue weighted by Gasteiger charge is -2.15. The SMILES string of the molecule is [CH2]N(CCO)C(=O)Cc1c(C)n(C(=O)c2ccc(OC(F)(F)F)cc2)c2cc(Cl)c(OC)cc12. The van der Waals surface area contributed by atoms with Crippen LogP contribution < -0.4 is 9.47 Å². The molecule has 3 rings (SSSR count). The van der Waals surface area contributed by atoms with E-state index in [0.717, 1.165) is 17.0 Å². The molecule has 1 N–H and O–H groups in total. The van der Waals surface area contributed by atoms with Crippen LogP contribution in [-0.4, -0.2) is 53.0 Å². The zero-order chi connectivity index (χ0) is 25.2. The van der Waals surface area contributed by atoms with Gasteiger partial charge in [0.05, 0.1) is 30.7 Å². The lowest BCUT2D eigenvalue weighted by Crippen LogP contribution is -2.29. The highest BCUT2D eigenvalue weighted by atomic mass is 35.5. The zero-order valence-corrected chi connectivity index (χ0v) is 19.0. The van der Waals surface area contributed by atoms with Crippen LogP contribution in [0.1, 0.15) is 21.6 Å². The molecular weight excluding hydrogens is 477 g/mol.